The number of hydrogen-bond acceptors (Lipinski definition) is 2. The van der Waals surface area contributed by atoms with Crippen molar-refractivity contribution < 1.29 is 9.84 Å². The fraction of sp³-hybridized carbons (Fsp3) is 0.524. The molecular weight excluding hydrogens is 284 g/mol. The topological polar surface area (TPSA) is 29.5 Å². The first-order chi connectivity index (χ1) is 10.9. The molecule has 0 bridgehead atoms. The number of aromatic hydroxyl groups is 1. The van der Waals surface area contributed by atoms with Gasteiger partial charge in [-0.25, -0.2) is 0 Å². The van der Waals surface area contributed by atoms with Gasteiger partial charge in [-0.3, -0.25) is 0 Å². The number of phenolic OH excluding ortho intramolecular Hbond substituents is 1. The average molecular weight is 312 g/mol. The summed E-state index contributed by atoms with van der Waals surface area (Å²) in [6.07, 6.45) is 11.2. The van der Waals surface area contributed by atoms with Crippen LogP contribution in [0.15, 0.2) is 42.0 Å². The van der Waals surface area contributed by atoms with Crippen LogP contribution in [0.2, 0.25) is 0 Å². The van der Waals surface area contributed by atoms with E-state index in [1.165, 1.54) is 18.4 Å². The lowest BCUT2D eigenvalue weighted by molar-refractivity contribution is -0.0810. The van der Waals surface area contributed by atoms with Gasteiger partial charge in [0, 0.05) is 17.4 Å². The molecule has 2 heteroatoms. The molecule has 1 aromatic rings. The van der Waals surface area contributed by atoms with Crippen molar-refractivity contribution in [1.82, 2.24) is 0 Å². The van der Waals surface area contributed by atoms with Crippen LogP contribution in [0, 0.1) is 11.3 Å². The van der Waals surface area contributed by atoms with E-state index in [9.17, 15) is 5.11 Å². The number of phenols is 1. The highest BCUT2D eigenvalue weighted by atomic mass is 16.5. The van der Waals surface area contributed by atoms with Crippen molar-refractivity contribution in [3.8, 4) is 11.5 Å². The number of allylic oxidation sites excluding steroid dienone is 3. The molecule has 1 spiro atoms. The van der Waals surface area contributed by atoms with E-state index in [-0.39, 0.29) is 11.0 Å². The van der Waals surface area contributed by atoms with E-state index < -0.39 is 0 Å². The molecule has 1 aliphatic heterocycles. The maximum atomic E-state index is 9.80. The first kappa shape index (κ1) is 16.2. The van der Waals surface area contributed by atoms with Crippen LogP contribution < -0.4 is 4.74 Å². The predicted octanol–water partition coefficient (Wildman–Crippen LogP) is 5.41. The molecule has 1 fully saturated rings. The molecule has 1 saturated carbocycles. The van der Waals surface area contributed by atoms with Crippen molar-refractivity contribution in [3.05, 3.63) is 47.6 Å². The second-order valence-corrected chi connectivity index (χ2v) is 7.77. The molecule has 1 N–H and O–H groups in total. The summed E-state index contributed by atoms with van der Waals surface area (Å²) in [6.45, 7) is 8.90. The Balaban J connectivity index is 2.00. The number of ether oxygens (including phenoxy) is 1. The SMILES string of the molecule is CC(C)=C/C=C/[C@@]1(C)CCC[C@H](C)[C@@]12Cc1cc(O)ccc1O2. The summed E-state index contributed by atoms with van der Waals surface area (Å²) in [6, 6.07) is 5.51. The minimum absolute atomic E-state index is 0.00521. The fourth-order valence-electron chi connectivity index (χ4n) is 4.37. The van der Waals surface area contributed by atoms with Gasteiger partial charge in [0.15, 0.2) is 0 Å². The summed E-state index contributed by atoms with van der Waals surface area (Å²) in [5, 5.41) is 9.80. The van der Waals surface area contributed by atoms with Crippen LogP contribution in [0.3, 0.4) is 0 Å². The quantitative estimate of drug-likeness (QED) is 0.739. The van der Waals surface area contributed by atoms with E-state index in [1.807, 2.05) is 12.1 Å². The van der Waals surface area contributed by atoms with Crippen molar-refractivity contribution in [2.75, 3.05) is 0 Å². The van der Waals surface area contributed by atoms with Crippen molar-refractivity contribution >= 4 is 0 Å². The molecule has 0 aromatic heterocycles. The van der Waals surface area contributed by atoms with Gasteiger partial charge in [0.25, 0.3) is 0 Å². The van der Waals surface area contributed by atoms with Crippen LogP contribution in [-0.4, -0.2) is 10.7 Å². The molecule has 0 unspecified atom stereocenters. The molecule has 0 radical (unpaired) electrons. The molecular formula is C21H28O2. The minimum atomic E-state index is -0.201. The van der Waals surface area contributed by atoms with Crippen molar-refractivity contribution in [2.24, 2.45) is 11.3 Å². The zero-order chi connectivity index (χ0) is 16.7. The van der Waals surface area contributed by atoms with E-state index in [4.69, 9.17) is 4.74 Å². The van der Waals surface area contributed by atoms with Crippen LogP contribution in [0.5, 0.6) is 11.5 Å². The molecule has 1 aliphatic carbocycles. The van der Waals surface area contributed by atoms with Gasteiger partial charge in [0.2, 0.25) is 0 Å². The van der Waals surface area contributed by atoms with E-state index in [0.717, 1.165) is 24.2 Å². The smallest absolute Gasteiger partial charge is 0.124 e. The maximum Gasteiger partial charge on any atom is 0.124 e. The molecule has 0 amide bonds. The van der Waals surface area contributed by atoms with Crippen molar-refractivity contribution in [2.45, 2.75) is 59.0 Å². The second-order valence-electron chi connectivity index (χ2n) is 7.77. The summed E-state index contributed by atoms with van der Waals surface area (Å²) in [7, 11) is 0. The average Bonchev–Trinajstić information content (AvgIpc) is 2.85. The lowest BCUT2D eigenvalue weighted by Crippen LogP contribution is -2.56. The van der Waals surface area contributed by atoms with E-state index in [2.05, 4.69) is 45.9 Å². The summed E-state index contributed by atoms with van der Waals surface area (Å²) in [5.41, 5.74) is 2.25. The largest absolute Gasteiger partial charge is 0.508 e. The lowest BCUT2D eigenvalue weighted by Gasteiger charge is -2.51. The van der Waals surface area contributed by atoms with Crippen LogP contribution in [-0.2, 0) is 6.42 Å². The number of rotatable bonds is 2. The van der Waals surface area contributed by atoms with Gasteiger partial charge in [0.05, 0.1) is 0 Å². The molecule has 2 nitrogen and oxygen atoms in total. The molecule has 2 aliphatic rings. The normalized spacial score (nSPS) is 32.8. The standard InChI is InChI=1S/C21H28O2/c1-15(2)7-5-11-20(4)12-6-8-16(3)21(20)14-17-13-18(22)9-10-19(17)23-21/h5,7,9-11,13,16,22H,6,8,12,14H2,1-4H3/b11-5+/t16-,20-,21-/m0/s1. The Labute approximate surface area is 139 Å². The molecule has 3 rings (SSSR count). The highest BCUT2D eigenvalue weighted by molar-refractivity contribution is 5.45. The van der Waals surface area contributed by atoms with E-state index in [1.54, 1.807) is 6.07 Å². The van der Waals surface area contributed by atoms with Gasteiger partial charge < -0.3 is 9.84 Å². The lowest BCUT2D eigenvalue weighted by atomic mass is 9.58. The third kappa shape index (κ3) is 2.69. The second kappa shape index (κ2) is 5.74. The third-order valence-corrected chi connectivity index (χ3v) is 5.78. The zero-order valence-electron chi connectivity index (χ0n) is 14.7. The van der Waals surface area contributed by atoms with Gasteiger partial charge in [0.1, 0.15) is 17.1 Å². The monoisotopic (exact) mass is 312 g/mol. The highest BCUT2D eigenvalue weighted by Crippen LogP contribution is 2.56. The van der Waals surface area contributed by atoms with Gasteiger partial charge in [-0.2, -0.15) is 0 Å². The summed E-state index contributed by atoms with van der Waals surface area (Å²) >= 11 is 0. The van der Waals surface area contributed by atoms with Crippen molar-refractivity contribution in [3.63, 3.8) is 0 Å². The fourth-order valence-corrected chi connectivity index (χ4v) is 4.37. The van der Waals surface area contributed by atoms with Crippen LogP contribution >= 0.6 is 0 Å². The van der Waals surface area contributed by atoms with E-state index >= 15 is 0 Å². The number of fused-ring (bicyclic) bond motifs is 1. The maximum absolute atomic E-state index is 9.80. The number of benzene rings is 1. The Morgan fingerprint density at radius 3 is 2.87 bits per heavy atom. The Hall–Kier alpha value is -1.70. The zero-order valence-corrected chi connectivity index (χ0v) is 14.7. The Morgan fingerprint density at radius 1 is 1.35 bits per heavy atom. The van der Waals surface area contributed by atoms with Gasteiger partial charge in [-0.1, -0.05) is 44.1 Å². The van der Waals surface area contributed by atoms with E-state index in [0.29, 0.717) is 11.7 Å². The van der Waals surface area contributed by atoms with Crippen LogP contribution in [0.25, 0.3) is 0 Å². The molecule has 23 heavy (non-hydrogen) atoms. The Bertz CT molecular complexity index is 654. The molecule has 124 valence electrons. The Morgan fingerprint density at radius 2 is 2.13 bits per heavy atom. The Kier molecular flexibility index (Phi) is 4.03. The van der Waals surface area contributed by atoms with Gasteiger partial charge >= 0.3 is 0 Å². The predicted molar refractivity (Wildman–Crippen MR) is 94.9 cm³/mol. The summed E-state index contributed by atoms with van der Waals surface area (Å²) in [5.74, 6) is 1.76. The minimum Gasteiger partial charge on any atom is -0.508 e. The highest BCUT2D eigenvalue weighted by Gasteiger charge is 2.57. The first-order valence-electron chi connectivity index (χ1n) is 8.70. The molecule has 1 heterocycles. The van der Waals surface area contributed by atoms with Crippen molar-refractivity contribution in [1.29, 1.82) is 0 Å². The van der Waals surface area contributed by atoms with Gasteiger partial charge in [-0.05, 0) is 50.8 Å². The summed E-state index contributed by atoms with van der Waals surface area (Å²) in [4.78, 5) is 0. The molecule has 0 saturated heterocycles. The van der Waals surface area contributed by atoms with Crippen LogP contribution in [0.4, 0.5) is 0 Å². The third-order valence-electron chi connectivity index (χ3n) is 5.78. The molecule has 3 atom stereocenters. The van der Waals surface area contributed by atoms with Gasteiger partial charge in [-0.15, -0.1) is 0 Å². The first-order valence-corrected chi connectivity index (χ1v) is 8.70. The molecule has 1 aromatic carbocycles. The summed E-state index contributed by atoms with van der Waals surface area (Å²) < 4.78 is 6.59. The number of hydrogen-bond donors (Lipinski definition) is 1. The van der Waals surface area contributed by atoms with Crippen LogP contribution in [0.1, 0.15) is 52.5 Å².